The minimum atomic E-state index is -0.0251. The van der Waals surface area contributed by atoms with Gasteiger partial charge in [0.1, 0.15) is 5.75 Å². The number of ether oxygens (including phenoxy) is 1. The summed E-state index contributed by atoms with van der Waals surface area (Å²) in [5, 5.41) is 14.3. The Hall–Kier alpha value is -2.74. The number of aromatic nitrogens is 5. The molecule has 2 aliphatic rings. The fraction of sp³-hybridized carbons (Fsp3) is 0.643. The summed E-state index contributed by atoms with van der Waals surface area (Å²) in [4.78, 5) is 18.9. The Morgan fingerprint density at radius 2 is 1.78 bits per heavy atom. The van der Waals surface area contributed by atoms with Gasteiger partial charge in [-0.15, -0.1) is 5.10 Å². The molecule has 2 fully saturated rings. The summed E-state index contributed by atoms with van der Waals surface area (Å²) in [6.07, 6.45) is 12.1. The quantitative estimate of drug-likeness (QED) is 0.443. The molecule has 1 atom stereocenters. The number of methoxy groups -OCH3 is 1. The molecule has 0 amide bonds. The van der Waals surface area contributed by atoms with Gasteiger partial charge in [0.05, 0.1) is 19.2 Å². The lowest BCUT2D eigenvalue weighted by molar-refractivity contribution is 0.0590. The van der Waals surface area contributed by atoms with Crippen LogP contribution in [0, 0.1) is 5.92 Å². The van der Waals surface area contributed by atoms with E-state index in [-0.39, 0.29) is 11.6 Å². The Kier molecular flexibility index (Phi) is 7.70. The first-order valence-electron chi connectivity index (χ1n) is 13.8. The van der Waals surface area contributed by atoms with E-state index in [4.69, 9.17) is 4.74 Å². The average molecular weight is 493 g/mol. The van der Waals surface area contributed by atoms with Crippen LogP contribution in [0.15, 0.2) is 29.1 Å². The molecule has 0 spiro atoms. The summed E-state index contributed by atoms with van der Waals surface area (Å²) < 4.78 is 7.55. The third-order valence-corrected chi connectivity index (χ3v) is 8.22. The van der Waals surface area contributed by atoms with E-state index in [1.165, 1.54) is 38.5 Å². The normalized spacial score (nSPS) is 18.8. The van der Waals surface area contributed by atoms with Gasteiger partial charge in [-0.1, -0.05) is 52.4 Å². The number of nitrogens with one attached hydrogen (secondary N) is 1. The molecule has 1 aromatic carbocycles. The van der Waals surface area contributed by atoms with E-state index in [0.29, 0.717) is 24.5 Å². The van der Waals surface area contributed by atoms with E-state index >= 15 is 0 Å². The van der Waals surface area contributed by atoms with Gasteiger partial charge in [0.2, 0.25) is 0 Å². The van der Waals surface area contributed by atoms with Gasteiger partial charge in [0, 0.05) is 29.1 Å². The molecule has 1 N–H and O–H groups in total. The van der Waals surface area contributed by atoms with E-state index < -0.39 is 0 Å². The SMILES string of the molecule is COc1ccc2[nH]c(=O)c(CN(C3CCCCC3)[C@@H](c3nnnn3C3CCCCC3)C(C)C)cc2c1. The van der Waals surface area contributed by atoms with E-state index in [1.54, 1.807) is 7.11 Å². The summed E-state index contributed by atoms with van der Waals surface area (Å²) >= 11 is 0. The maximum absolute atomic E-state index is 13.2. The Bertz CT molecular complexity index is 1210. The van der Waals surface area contributed by atoms with Crippen LogP contribution in [0.5, 0.6) is 5.75 Å². The lowest BCUT2D eigenvalue weighted by Crippen LogP contribution is -2.43. The van der Waals surface area contributed by atoms with Gasteiger partial charge in [-0.25, -0.2) is 4.68 Å². The predicted molar refractivity (Wildman–Crippen MR) is 141 cm³/mol. The van der Waals surface area contributed by atoms with Crippen molar-refractivity contribution in [2.24, 2.45) is 5.92 Å². The van der Waals surface area contributed by atoms with Crippen molar-refractivity contribution < 1.29 is 4.74 Å². The molecule has 36 heavy (non-hydrogen) atoms. The maximum Gasteiger partial charge on any atom is 0.252 e. The first kappa shape index (κ1) is 24.9. The zero-order valence-electron chi connectivity index (χ0n) is 21.9. The summed E-state index contributed by atoms with van der Waals surface area (Å²) in [5.74, 6) is 2.05. The second-order valence-electron chi connectivity index (χ2n) is 11.0. The average Bonchev–Trinajstić information content (AvgIpc) is 3.38. The number of aromatic amines is 1. The van der Waals surface area contributed by atoms with Gasteiger partial charge >= 0.3 is 0 Å². The number of hydrogen-bond acceptors (Lipinski definition) is 6. The number of fused-ring (bicyclic) bond motifs is 1. The molecule has 8 nitrogen and oxygen atoms in total. The van der Waals surface area contributed by atoms with Gasteiger partial charge in [-0.2, -0.15) is 0 Å². The lowest BCUT2D eigenvalue weighted by Gasteiger charge is -2.41. The molecule has 0 aliphatic heterocycles. The summed E-state index contributed by atoms with van der Waals surface area (Å²) in [6, 6.07) is 8.64. The van der Waals surface area contributed by atoms with Crippen LogP contribution in [0.3, 0.4) is 0 Å². The van der Waals surface area contributed by atoms with Crippen molar-refractivity contribution in [2.75, 3.05) is 7.11 Å². The van der Waals surface area contributed by atoms with Crippen LogP contribution in [0.25, 0.3) is 10.9 Å². The molecule has 194 valence electrons. The molecule has 5 rings (SSSR count). The number of pyridine rings is 1. The van der Waals surface area contributed by atoms with Crippen LogP contribution in [0.2, 0.25) is 0 Å². The van der Waals surface area contributed by atoms with Crippen LogP contribution >= 0.6 is 0 Å². The molecule has 0 unspecified atom stereocenters. The highest BCUT2D eigenvalue weighted by molar-refractivity contribution is 5.80. The van der Waals surface area contributed by atoms with Gasteiger partial charge in [-0.3, -0.25) is 9.69 Å². The molecule has 2 saturated carbocycles. The predicted octanol–water partition coefficient (Wildman–Crippen LogP) is 5.56. The van der Waals surface area contributed by atoms with Crippen LogP contribution in [-0.2, 0) is 6.54 Å². The van der Waals surface area contributed by atoms with E-state index in [0.717, 1.165) is 53.7 Å². The number of tetrazole rings is 1. The van der Waals surface area contributed by atoms with Gasteiger partial charge < -0.3 is 9.72 Å². The molecule has 2 heterocycles. The number of nitrogens with zero attached hydrogens (tertiary/aromatic N) is 5. The standard InChI is InChI=1S/C28H40N6O2/c1-19(2)26(27-30-31-32-34(27)23-12-8-5-9-13-23)33(22-10-6-4-7-11-22)18-21-16-20-17-24(36-3)14-15-25(20)29-28(21)35/h14-17,19,22-23,26H,4-13,18H2,1-3H3,(H,29,35)/t26-/m1/s1. The van der Waals surface area contributed by atoms with Crippen molar-refractivity contribution in [3.63, 3.8) is 0 Å². The fourth-order valence-corrected chi connectivity index (χ4v) is 6.35. The molecule has 3 aromatic rings. The van der Waals surface area contributed by atoms with Crippen molar-refractivity contribution >= 4 is 10.9 Å². The number of H-pyrrole nitrogens is 1. The molecule has 2 aromatic heterocycles. The third-order valence-electron chi connectivity index (χ3n) is 8.22. The van der Waals surface area contributed by atoms with Crippen molar-refractivity contribution in [3.05, 3.63) is 46.0 Å². The Morgan fingerprint density at radius 3 is 2.47 bits per heavy atom. The highest BCUT2D eigenvalue weighted by Crippen LogP contribution is 2.37. The van der Waals surface area contributed by atoms with Gasteiger partial charge in [0.25, 0.3) is 5.56 Å². The summed E-state index contributed by atoms with van der Waals surface area (Å²) in [5.41, 5.74) is 1.59. The van der Waals surface area contributed by atoms with Crippen molar-refractivity contribution in [1.82, 2.24) is 30.1 Å². The maximum atomic E-state index is 13.2. The number of benzene rings is 1. The minimum Gasteiger partial charge on any atom is -0.497 e. The Labute approximate surface area is 213 Å². The molecule has 0 radical (unpaired) electrons. The fourth-order valence-electron chi connectivity index (χ4n) is 6.35. The molecular weight excluding hydrogens is 452 g/mol. The molecule has 0 saturated heterocycles. The van der Waals surface area contributed by atoms with Gasteiger partial charge in [0.15, 0.2) is 5.82 Å². The minimum absolute atomic E-state index is 0.0251. The topological polar surface area (TPSA) is 88.9 Å². The second kappa shape index (κ2) is 11.1. The van der Waals surface area contributed by atoms with E-state index in [1.807, 2.05) is 24.3 Å². The van der Waals surface area contributed by atoms with Crippen LogP contribution in [0.1, 0.15) is 102 Å². The highest BCUT2D eigenvalue weighted by atomic mass is 16.5. The molecule has 2 aliphatic carbocycles. The zero-order valence-corrected chi connectivity index (χ0v) is 21.9. The second-order valence-corrected chi connectivity index (χ2v) is 11.0. The number of rotatable bonds is 8. The number of hydrogen-bond donors (Lipinski definition) is 1. The molecular formula is C28H40N6O2. The van der Waals surface area contributed by atoms with E-state index in [9.17, 15) is 4.79 Å². The summed E-state index contributed by atoms with van der Waals surface area (Å²) in [6.45, 7) is 5.10. The van der Waals surface area contributed by atoms with Crippen LogP contribution in [-0.4, -0.2) is 43.2 Å². The van der Waals surface area contributed by atoms with Crippen molar-refractivity contribution in [2.45, 2.75) is 103 Å². The molecule has 8 heteroatoms. The lowest BCUT2D eigenvalue weighted by atomic mass is 9.89. The zero-order chi connectivity index (χ0) is 25.1. The molecule has 0 bridgehead atoms. The van der Waals surface area contributed by atoms with Crippen molar-refractivity contribution in [3.8, 4) is 5.75 Å². The highest BCUT2D eigenvalue weighted by Gasteiger charge is 2.36. The third kappa shape index (κ3) is 5.19. The Balaban J connectivity index is 1.54. The Morgan fingerprint density at radius 1 is 1.06 bits per heavy atom. The summed E-state index contributed by atoms with van der Waals surface area (Å²) in [7, 11) is 1.67. The van der Waals surface area contributed by atoms with Gasteiger partial charge in [-0.05, 0) is 66.3 Å². The van der Waals surface area contributed by atoms with Crippen LogP contribution in [0.4, 0.5) is 0 Å². The van der Waals surface area contributed by atoms with Crippen molar-refractivity contribution in [1.29, 1.82) is 0 Å². The smallest absolute Gasteiger partial charge is 0.252 e. The van der Waals surface area contributed by atoms with E-state index in [2.05, 4.69) is 43.9 Å². The largest absolute Gasteiger partial charge is 0.497 e. The first-order valence-corrected chi connectivity index (χ1v) is 13.8. The first-order chi connectivity index (χ1) is 17.5. The monoisotopic (exact) mass is 492 g/mol. The van der Waals surface area contributed by atoms with Crippen LogP contribution < -0.4 is 10.3 Å².